The van der Waals surface area contributed by atoms with Crippen LogP contribution in [0.1, 0.15) is 57.1 Å². The van der Waals surface area contributed by atoms with Crippen LogP contribution in [0.2, 0.25) is 0 Å². The van der Waals surface area contributed by atoms with E-state index in [1.165, 1.54) is 0 Å². The van der Waals surface area contributed by atoms with Gasteiger partial charge in [0.05, 0.1) is 35.4 Å². The molecule has 0 unspecified atom stereocenters. The lowest BCUT2D eigenvalue weighted by atomic mass is 9.89. The molecule has 1 aromatic heterocycles. The molecule has 162 valence electrons. The Morgan fingerprint density at radius 3 is 2.52 bits per heavy atom. The van der Waals surface area contributed by atoms with Crippen molar-refractivity contribution >= 4 is 15.7 Å². The maximum absolute atomic E-state index is 12.7. The number of amides is 1. The van der Waals surface area contributed by atoms with Crippen LogP contribution in [-0.2, 0) is 21.2 Å². The summed E-state index contributed by atoms with van der Waals surface area (Å²) in [6.45, 7) is 11.7. The van der Waals surface area contributed by atoms with Gasteiger partial charge in [-0.1, -0.05) is 13.8 Å². The summed E-state index contributed by atoms with van der Waals surface area (Å²) in [4.78, 5) is 14.6. The molecule has 2 rings (SSSR count). The minimum Gasteiger partial charge on any atom is -0.336 e. The van der Waals surface area contributed by atoms with Gasteiger partial charge in [0.15, 0.2) is 9.84 Å². The molecule has 9 heteroatoms. The molecule has 0 radical (unpaired) electrons. The molecule has 1 fully saturated rings. The van der Waals surface area contributed by atoms with E-state index < -0.39 is 21.4 Å². The summed E-state index contributed by atoms with van der Waals surface area (Å²) < 4.78 is 25.5. The quantitative estimate of drug-likeness (QED) is 0.716. The van der Waals surface area contributed by atoms with Crippen LogP contribution in [0.15, 0.2) is 0 Å². The highest BCUT2D eigenvalue weighted by Crippen LogP contribution is 2.27. The van der Waals surface area contributed by atoms with Crippen LogP contribution in [0.3, 0.4) is 0 Å². The van der Waals surface area contributed by atoms with Gasteiger partial charge in [-0.3, -0.25) is 14.4 Å². The first-order valence-electron chi connectivity index (χ1n) is 9.99. The highest BCUT2D eigenvalue weighted by molar-refractivity contribution is 7.91. The molecular formula is C20H33N5O3S. The van der Waals surface area contributed by atoms with Crippen LogP contribution in [0.25, 0.3) is 0 Å². The first-order chi connectivity index (χ1) is 13.3. The molecule has 29 heavy (non-hydrogen) atoms. The first kappa shape index (κ1) is 23.4. The van der Waals surface area contributed by atoms with Gasteiger partial charge in [0.1, 0.15) is 5.54 Å². The molecule has 0 saturated carbocycles. The van der Waals surface area contributed by atoms with E-state index in [1.807, 2.05) is 51.2 Å². The zero-order valence-electron chi connectivity index (χ0n) is 18.5. The number of nitrogens with one attached hydrogen (secondary N) is 1. The van der Waals surface area contributed by atoms with Gasteiger partial charge >= 0.3 is 0 Å². The predicted octanol–water partition coefficient (Wildman–Crippen LogP) is 1.73. The van der Waals surface area contributed by atoms with Gasteiger partial charge in [0.25, 0.3) is 0 Å². The minimum atomic E-state index is -2.99. The number of aryl methyl sites for hydroxylation is 1. The second-order valence-corrected chi connectivity index (χ2v) is 10.9. The molecule has 0 spiro atoms. The van der Waals surface area contributed by atoms with E-state index in [4.69, 9.17) is 0 Å². The molecule has 1 aromatic rings. The number of nitrogens with zero attached hydrogens (tertiary/aromatic N) is 4. The van der Waals surface area contributed by atoms with Crippen LogP contribution in [0.4, 0.5) is 0 Å². The molecule has 0 bridgehead atoms. The standard InChI is InChI=1S/C20H33N5O3S/c1-13(2)20(6,12-21)22-19(26)16(5)24(7)10-18-14(3)23-25(15(18)4)17-8-9-29(27,28)11-17/h13,16-17H,8-11H2,1-7H3,(H,22,26)/t16-,17-,20-/m0/s1. The van der Waals surface area contributed by atoms with Crippen molar-refractivity contribution in [1.29, 1.82) is 5.26 Å². The Balaban J connectivity index is 2.13. The monoisotopic (exact) mass is 423 g/mol. The Labute approximate surface area is 174 Å². The molecule has 1 amide bonds. The summed E-state index contributed by atoms with van der Waals surface area (Å²) in [5, 5.41) is 16.9. The van der Waals surface area contributed by atoms with E-state index in [-0.39, 0.29) is 29.4 Å². The van der Waals surface area contributed by atoms with E-state index >= 15 is 0 Å². The van der Waals surface area contributed by atoms with Crippen molar-refractivity contribution < 1.29 is 13.2 Å². The molecule has 2 heterocycles. The summed E-state index contributed by atoms with van der Waals surface area (Å²) in [5.74, 6) is 0.121. The van der Waals surface area contributed by atoms with Crippen molar-refractivity contribution in [3.63, 3.8) is 0 Å². The predicted molar refractivity (Wildman–Crippen MR) is 112 cm³/mol. The Morgan fingerprint density at radius 2 is 2.03 bits per heavy atom. The highest BCUT2D eigenvalue weighted by Gasteiger charge is 2.34. The van der Waals surface area contributed by atoms with Gasteiger partial charge in [-0.2, -0.15) is 10.4 Å². The normalized spacial score (nSPS) is 21.7. The third-order valence-corrected chi connectivity index (χ3v) is 8.00. The first-order valence-corrected chi connectivity index (χ1v) is 11.8. The number of hydrogen-bond donors (Lipinski definition) is 1. The second-order valence-electron chi connectivity index (χ2n) is 8.70. The third kappa shape index (κ3) is 4.98. The molecule has 3 atom stereocenters. The molecule has 1 aliphatic heterocycles. The zero-order valence-corrected chi connectivity index (χ0v) is 19.3. The largest absolute Gasteiger partial charge is 0.336 e. The minimum absolute atomic E-state index is 0.0145. The summed E-state index contributed by atoms with van der Waals surface area (Å²) in [6.07, 6.45) is 0.584. The lowest BCUT2D eigenvalue weighted by Gasteiger charge is -2.31. The third-order valence-electron chi connectivity index (χ3n) is 6.25. The molecule has 0 aliphatic carbocycles. The summed E-state index contributed by atoms with van der Waals surface area (Å²) in [5.41, 5.74) is 1.86. The van der Waals surface area contributed by atoms with E-state index in [9.17, 15) is 18.5 Å². The van der Waals surface area contributed by atoms with E-state index in [2.05, 4.69) is 16.5 Å². The fourth-order valence-corrected chi connectivity index (χ4v) is 5.19. The molecule has 1 aliphatic rings. The van der Waals surface area contributed by atoms with Crippen molar-refractivity contribution in [2.75, 3.05) is 18.6 Å². The number of nitriles is 1. The molecule has 1 saturated heterocycles. The van der Waals surface area contributed by atoms with Gasteiger partial charge in [0, 0.05) is 17.8 Å². The van der Waals surface area contributed by atoms with Crippen LogP contribution in [0.5, 0.6) is 0 Å². The van der Waals surface area contributed by atoms with Gasteiger partial charge in [-0.15, -0.1) is 0 Å². The summed E-state index contributed by atoms with van der Waals surface area (Å²) in [6, 6.07) is 1.64. The number of carbonyl (C=O) groups is 1. The Morgan fingerprint density at radius 1 is 1.41 bits per heavy atom. The van der Waals surface area contributed by atoms with E-state index in [1.54, 1.807) is 6.92 Å². The number of sulfone groups is 1. The molecule has 1 N–H and O–H groups in total. The maximum atomic E-state index is 12.7. The second kappa shape index (κ2) is 8.44. The lowest BCUT2D eigenvalue weighted by molar-refractivity contribution is -0.127. The zero-order chi connectivity index (χ0) is 22.1. The van der Waals surface area contributed by atoms with Crippen molar-refractivity contribution in [2.45, 2.75) is 72.1 Å². The number of rotatable bonds is 7. The topological polar surface area (TPSA) is 108 Å². The lowest BCUT2D eigenvalue weighted by Crippen LogP contribution is -2.54. The summed E-state index contributed by atoms with van der Waals surface area (Å²) >= 11 is 0. The Hall–Kier alpha value is -1.92. The molecule has 8 nitrogen and oxygen atoms in total. The highest BCUT2D eigenvalue weighted by atomic mass is 32.2. The van der Waals surface area contributed by atoms with Crippen molar-refractivity contribution in [2.24, 2.45) is 5.92 Å². The van der Waals surface area contributed by atoms with Crippen LogP contribution < -0.4 is 5.32 Å². The Kier molecular flexibility index (Phi) is 6.80. The van der Waals surface area contributed by atoms with Crippen LogP contribution in [0, 0.1) is 31.1 Å². The number of likely N-dealkylation sites (N-methyl/N-ethyl adjacent to an activating group) is 1. The summed E-state index contributed by atoms with van der Waals surface area (Å²) in [7, 11) is -1.13. The van der Waals surface area contributed by atoms with Crippen molar-refractivity contribution in [3.8, 4) is 6.07 Å². The van der Waals surface area contributed by atoms with Gasteiger partial charge < -0.3 is 5.32 Å². The van der Waals surface area contributed by atoms with Crippen LogP contribution >= 0.6 is 0 Å². The Bertz CT molecular complexity index is 915. The van der Waals surface area contributed by atoms with E-state index in [0.29, 0.717) is 13.0 Å². The molecule has 0 aromatic carbocycles. The average Bonchev–Trinajstić information content (AvgIpc) is 3.13. The van der Waals surface area contributed by atoms with Crippen molar-refractivity contribution in [3.05, 3.63) is 17.0 Å². The fourth-order valence-electron chi connectivity index (χ4n) is 3.50. The number of hydrogen-bond acceptors (Lipinski definition) is 6. The fraction of sp³-hybridized carbons (Fsp3) is 0.750. The van der Waals surface area contributed by atoms with Gasteiger partial charge in [-0.05, 0) is 47.1 Å². The van der Waals surface area contributed by atoms with Crippen LogP contribution in [-0.4, -0.2) is 59.1 Å². The number of aromatic nitrogens is 2. The van der Waals surface area contributed by atoms with Gasteiger partial charge in [-0.25, -0.2) is 8.42 Å². The van der Waals surface area contributed by atoms with Gasteiger partial charge in [0.2, 0.25) is 5.91 Å². The maximum Gasteiger partial charge on any atom is 0.238 e. The smallest absolute Gasteiger partial charge is 0.238 e. The van der Waals surface area contributed by atoms with Crippen molar-refractivity contribution in [1.82, 2.24) is 20.0 Å². The average molecular weight is 424 g/mol. The molecular weight excluding hydrogens is 390 g/mol. The SMILES string of the molecule is Cc1nn([C@H]2CCS(=O)(=O)C2)c(C)c1CN(C)[C@@H](C)C(=O)N[C@@](C)(C#N)C(C)C. The van der Waals surface area contributed by atoms with E-state index in [0.717, 1.165) is 17.0 Å². The number of carbonyl (C=O) groups excluding carboxylic acids is 1.